The Morgan fingerprint density at radius 2 is 1.86 bits per heavy atom. The normalized spacial score (nSPS) is 16.7. The van der Waals surface area contributed by atoms with Crippen molar-refractivity contribution in [1.29, 1.82) is 0 Å². The van der Waals surface area contributed by atoms with E-state index in [0.717, 1.165) is 16.5 Å². The number of hydrogen-bond acceptors (Lipinski definition) is 4. The Bertz CT molecular complexity index is 1240. The molecule has 2 N–H and O–H groups in total. The van der Waals surface area contributed by atoms with Crippen LogP contribution in [0.2, 0.25) is 0 Å². The SMILES string of the molecule is CN(C)[C@H](CNC(=O)C[C@@H](c1ccncc1)C1(C(F)(F)F)CC1)Cc1ccc2[nH]c(=O)ccc2c1. The van der Waals surface area contributed by atoms with Gasteiger partial charge in [0.05, 0.1) is 5.41 Å². The number of carbonyl (C=O) groups excluding carboxylic acids is 1. The van der Waals surface area contributed by atoms with Gasteiger partial charge < -0.3 is 15.2 Å². The molecule has 2 heterocycles. The second kappa shape index (κ2) is 9.81. The molecule has 0 bridgehead atoms. The number of hydrogen-bond donors (Lipinski definition) is 2. The van der Waals surface area contributed by atoms with E-state index >= 15 is 0 Å². The van der Waals surface area contributed by atoms with Crippen LogP contribution in [0.15, 0.2) is 59.7 Å². The van der Waals surface area contributed by atoms with Crippen molar-refractivity contribution in [2.45, 2.75) is 43.8 Å². The van der Waals surface area contributed by atoms with E-state index in [1.54, 1.807) is 18.2 Å². The number of aromatic amines is 1. The van der Waals surface area contributed by atoms with Crippen LogP contribution in [0.4, 0.5) is 13.2 Å². The van der Waals surface area contributed by atoms with E-state index in [9.17, 15) is 22.8 Å². The standard InChI is InChI=1S/C26H29F3N4O2/c1-33(2)20(14-17-3-5-22-19(13-17)4-6-23(34)32-22)16-31-24(35)15-21(18-7-11-30-12-8-18)25(9-10-25)26(27,28)29/h3-8,11-13,20-21H,9-10,14-16H2,1-2H3,(H,31,35)(H,32,34)/t20-,21-/m0/s1. The third-order valence-corrected chi connectivity index (χ3v) is 7.04. The number of amides is 1. The number of alkyl halides is 3. The Morgan fingerprint density at radius 3 is 2.49 bits per heavy atom. The first kappa shape index (κ1) is 24.9. The summed E-state index contributed by atoms with van der Waals surface area (Å²) in [4.78, 5) is 33.0. The van der Waals surface area contributed by atoms with Gasteiger partial charge in [0.2, 0.25) is 11.5 Å². The van der Waals surface area contributed by atoms with Gasteiger partial charge in [0.1, 0.15) is 0 Å². The van der Waals surface area contributed by atoms with Gasteiger partial charge in [-0.1, -0.05) is 6.07 Å². The Labute approximate surface area is 201 Å². The zero-order chi connectivity index (χ0) is 25.2. The van der Waals surface area contributed by atoms with Crippen LogP contribution in [0.5, 0.6) is 0 Å². The van der Waals surface area contributed by atoms with Crippen LogP contribution in [0, 0.1) is 5.41 Å². The minimum Gasteiger partial charge on any atom is -0.355 e. The molecule has 3 aromatic rings. The number of benzene rings is 1. The van der Waals surface area contributed by atoms with Gasteiger partial charge in [0, 0.05) is 48.9 Å². The first-order valence-corrected chi connectivity index (χ1v) is 11.6. The largest absolute Gasteiger partial charge is 0.395 e. The molecule has 1 amide bonds. The molecule has 2 aromatic heterocycles. The molecule has 0 radical (unpaired) electrons. The van der Waals surface area contributed by atoms with Crippen LogP contribution in [0.1, 0.15) is 36.3 Å². The fraction of sp³-hybridized carbons (Fsp3) is 0.423. The lowest BCUT2D eigenvalue weighted by Gasteiger charge is -2.30. The summed E-state index contributed by atoms with van der Waals surface area (Å²) in [6.45, 7) is 0.303. The first-order chi connectivity index (χ1) is 16.6. The number of nitrogens with zero attached hydrogens (tertiary/aromatic N) is 2. The van der Waals surface area contributed by atoms with Crippen LogP contribution in [-0.4, -0.2) is 53.6 Å². The molecular formula is C26H29F3N4O2. The summed E-state index contributed by atoms with van der Waals surface area (Å²) in [5.41, 5.74) is 0.252. The number of fused-ring (bicyclic) bond motifs is 1. The molecule has 0 spiro atoms. The van der Waals surface area contributed by atoms with Crippen LogP contribution >= 0.6 is 0 Å². The van der Waals surface area contributed by atoms with Crippen molar-refractivity contribution >= 4 is 16.8 Å². The second-order valence-corrected chi connectivity index (χ2v) is 9.56. The molecule has 1 aliphatic rings. The maximum absolute atomic E-state index is 13.9. The van der Waals surface area contributed by atoms with E-state index in [1.807, 2.05) is 37.2 Å². The molecule has 2 atom stereocenters. The molecule has 0 aliphatic heterocycles. The summed E-state index contributed by atoms with van der Waals surface area (Å²) in [7, 11) is 3.80. The van der Waals surface area contributed by atoms with E-state index in [0.29, 0.717) is 18.5 Å². The average molecular weight is 487 g/mol. The Morgan fingerprint density at radius 1 is 1.14 bits per heavy atom. The molecule has 1 aromatic carbocycles. The number of likely N-dealkylation sites (N-methyl/N-ethyl adjacent to an activating group) is 1. The first-order valence-electron chi connectivity index (χ1n) is 11.6. The van der Waals surface area contributed by atoms with Crippen molar-refractivity contribution in [2.24, 2.45) is 5.41 Å². The van der Waals surface area contributed by atoms with Crippen molar-refractivity contribution in [3.05, 3.63) is 76.3 Å². The average Bonchev–Trinajstić information content (AvgIpc) is 3.63. The molecule has 0 unspecified atom stereocenters. The zero-order valence-electron chi connectivity index (χ0n) is 19.7. The predicted octanol–water partition coefficient (Wildman–Crippen LogP) is 4.03. The second-order valence-electron chi connectivity index (χ2n) is 9.56. The van der Waals surface area contributed by atoms with Gasteiger partial charge in [-0.2, -0.15) is 13.2 Å². The minimum atomic E-state index is -4.37. The third kappa shape index (κ3) is 5.56. The molecule has 4 rings (SSSR count). The zero-order valence-corrected chi connectivity index (χ0v) is 19.7. The van der Waals surface area contributed by atoms with E-state index in [1.165, 1.54) is 18.5 Å². The molecular weight excluding hydrogens is 457 g/mol. The lowest BCUT2D eigenvalue weighted by Crippen LogP contribution is -2.42. The number of pyridine rings is 2. The smallest absolute Gasteiger partial charge is 0.355 e. The topological polar surface area (TPSA) is 78.1 Å². The Balaban J connectivity index is 1.44. The summed E-state index contributed by atoms with van der Waals surface area (Å²) in [5, 5.41) is 3.78. The highest BCUT2D eigenvalue weighted by Gasteiger charge is 2.67. The molecule has 1 saturated carbocycles. The van der Waals surface area contributed by atoms with E-state index in [4.69, 9.17) is 0 Å². The van der Waals surface area contributed by atoms with Crippen molar-refractivity contribution in [3.63, 3.8) is 0 Å². The Kier molecular flexibility index (Phi) is 6.98. The highest BCUT2D eigenvalue weighted by atomic mass is 19.4. The van der Waals surface area contributed by atoms with E-state index < -0.39 is 23.4 Å². The molecule has 0 saturated heterocycles. The molecule has 6 nitrogen and oxygen atoms in total. The summed E-state index contributed by atoms with van der Waals surface area (Å²) in [6.07, 6.45) is -0.972. The number of halogens is 3. The van der Waals surface area contributed by atoms with Crippen LogP contribution < -0.4 is 10.9 Å². The maximum Gasteiger partial charge on any atom is 0.395 e. The predicted molar refractivity (Wildman–Crippen MR) is 128 cm³/mol. The quantitative estimate of drug-likeness (QED) is 0.479. The fourth-order valence-electron chi connectivity index (χ4n) is 4.72. The molecule has 186 valence electrons. The number of H-pyrrole nitrogens is 1. The molecule has 1 fully saturated rings. The maximum atomic E-state index is 13.9. The fourth-order valence-corrected chi connectivity index (χ4v) is 4.72. The monoisotopic (exact) mass is 486 g/mol. The Hall–Kier alpha value is -3.20. The minimum absolute atomic E-state index is 0.0321. The number of aromatic nitrogens is 2. The molecule has 35 heavy (non-hydrogen) atoms. The van der Waals surface area contributed by atoms with E-state index in [-0.39, 0.29) is 30.9 Å². The van der Waals surface area contributed by atoms with E-state index in [2.05, 4.69) is 15.3 Å². The van der Waals surface area contributed by atoms with Gasteiger partial charge in [-0.3, -0.25) is 14.6 Å². The van der Waals surface area contributed by atoms with Crippen molar-refractivity contribution in [3.8, 4) is 0 Å². The van der Waals surface area contributed by atoms with Crippen molar-refractivity contribution in [2.75, 3.05) is 20.6 Å². The summed E-state index contributed by atoms with van der Waals surface area (Å²) in [5.74, 6) is -1.34. The summed E-state index contributed by atoms with van der Waals surface area (Å²) < 4.78 is 41.7. The third-order valence-electron chi connectivity index (χ3n) is 7.04. The van der Waals surface area contributed by atoms with Crippen LogP contribution in [0.25, 0.3) is 10.9 Å². The summed E-state index contributed by atoms with van der Waals surface area (Å²) in [6, 6.07) is 12.1. The number of rotatable bonds is 9. The number of carbonyl (C=O) groups is 1. The van der Waals surface area contributed by atoms with Gasteiger partial charge in [-0.25, -0.2) is 0 Å². The summed E-state index contributed by atoms with van der Waals surface area (Å²) >= 11 is 0. The lowest BCUT2D eigenvalue weighted by atomic mass is 9.80. The molecule has 9 heteroatoms. The lowest BCUT2D eigenvalue weighted by molar-refractivity contribution is -0.194. The highest BCUT2D eigenvalue weighted by molar-refractivity contribution is 5.79. The van der Waals surface area contributed by atoms with Crippen molar-refractivity contribution < 1.29 is 18.0 Å². The van der Waals surface area contributed by atoms with Crippen LogP contribution in [0.3, 0.4) is 0 Å². The van der Waals surface area contributed by atoms with Gasteiger partial charge in [0.15, 0.2) is 0 Å². The van der Waals surface area contributed by atoms with Gasteiger partial charge >= 0.3 is 6.18 Å². The van der Waals surface area contributed by atoms with Gasteiger partial charge in [-0.15, -0.1) is 0 Å². The molecule has 1 aliphatic carbocycles. The van der Waals surface area contributed by atoms with Crippen molar-refractivity contribution in [1.82, 2.24) is 20.2 Å². The van der Waals surface area contributed by atoms with Gasteiger partial charge in [0.25, 0.3) is 0 Å². The van der Waals surface area contributed by atoms with Gasteiger partial charge in [-0.05, 0) is 80.2 Å². The highest BCUT2D eigenvalue weighted by Crippen LogP contribution is 2.66. The number of nitrogens with one attached hydrogen (secondary N) is 2. The van der Waals surface area contributed by atoms with Crippen LogP contribution in [-0.2, 0) is 11.2 Å².